The van der Waals surface area contributed by atoms with Crippen molar-refractivity contribution in [2.45, 2.75) is 12.3 Å². The van der Waals surface area contributed by atoms with Crippen LogP contribution in [0.1, 0.15) is 17.7 Å². The predicted octanol–water partition coefficient (Wildman–Crippen LogP) is 2.19. The summed E-state index contributed by atoms with van der Waals surface area (Å²) in [5.74, 6) is -1.51. The molecule has 0 radical (unpaired) electrons. The molecule has 6 heteroatoms. The summed E-state index contributed by atoms with van der Waals surface area (Å²) in [4.78, 5) is 13.0. The first-order valence-corrected chi connectivity index (χ1v) is 3.85. The summed E-state index contributed by atoms with van der Waals surface area (Å²) in [5, 5.41) is 0. The molecule has 13 heavy (non-hydrogen) atoms. The van der Waals surface area contributed by atoms with Crippen LogP contribution in [0.15, 0.2) is 11.0 Å². The smallest absolute Gasteiger partial charge is 0.269 e. The minimum atomic E-state index is -3.02. The van der Waals surface area contributed by atoms with Gasteiger partial charge >= 0.3 is 0 Å². The Kier molecular flexibility index (Phi) is 2.98. The standard InChI is InChI=1S/C7H5ClF3NO/c8-1-4-5(7(10)11)6(13)3(9)2-12-4/h2,7H,1H2,(H,12,13). The molecule has 0 bridgehead atoms. The van der Waals surface area contributed by atoms with E-state index in [1.165, 1.54) is 0 Å². The summed E-state index contributed by atoms with van der Waals surface area (Å²) in [6.07, 6.45) is -2.31. The van der Waals surface area contributed by atoms with Crippen LogP contribution in [0.3, 0.4) is 0 Å². The van der Waals surface area contributed by atoms with Gasteiger partial charge in [-0.05, 0) is 0 Å². The Morgan fingerprint density at radius 1 is 1.54 bits per heavy atom. The highest BCUT2D eigenvalue weighted by Crippen LogP contribution is 2.19. The van der Waals surface area contributed by atoms with Crippen LogP contribution in [-0.2, 0) is 5.88 Å². The van der Waals surface area contributed by atoms with E-state index in [9.17, 15) is 18.0 Å². The van der Waals surface area contributed by atoms with Crippen molar-refractivity contribution in [2.75, 3.05) is 0 Å². The third-order valence-electron chi connectivity index (χ3n) is 1.51. The molecule has 0 aliphatic carbocycles. The van der Waals surface area contributed by atoms with E-state index < -0.39 is 23.2 Å². The molecule has 0 saturated carbocycles. The number of rotatable bonds is 2. The monoisotopic (exact) mass is 211 g/mol. The summed E-state index contributed by atoms with van der Waals surface area (Å²) in [6.45, 7) is 0. The van der Waals surface area contributed by atoms with Crippen molar-refractivity contribution in [3.05, 3.63) is 33.5 Å². The zero-order valence-corrected chi connectivity index (χ0v) is 7.04. The largest absolute Gasteiger partial charge is 0.361 e. The molecular weight excluding hydrogens is 207 g/mol. The Bertz CT molecular complexity index is 363. The number of H-pyrrole nitrogens is 1. The van der Waals surface area contributed by atoms with Crippen LogP contribution in [-0.4, -0.2) is 4.98 Å². The molecule has 1 aromatic heterocycles. The lowest BCUT2D eigenvalue weighted by Crippen LogP contribution is -2.17. The van der Waals surface area contributed by atoms with Crippen molar-refractivity contribution < 1.29 is 13.2 Å². The molecule has 1 heterocycles. The fourth-order valence-corrected chi connectivity index (χ4v) is 1.12. The minimum absolute atomic E-state index is 0.150. The molecule has 1 aromatic rings. The fraction of sp³-hybridized carbons (Fsp3) is 0.286. The Hall–Kier alpha value is -0.970. The van der Waals surface area contributed by atoms with Crippen LogP contribution >= 0.6 is 11.6 Å². The van der Waals surface area contributed by atoms with Crippen LogP contribution in [0.2, 0.25) is 0 Å². The van der Waals surface area contributed by atoms with Gasteiger partial charge in [0.25, 0.3) is 6.43 Å². The van der Waals surface area contributed by atoms with E-state index in [2.05, 4.69) is 4.98 Å². The van der Waals surface area contributed by atoms with Crippen molar-refractivity contribution in [1.82, 2.24) is 4.98 Å². The average Bonchev–Trinajstić information content (AvgIpc) is 2.08. The van der Waals surface area contributed by atoms with Gasteiger partial charge in [-0.2, -0.15) is 0 Å². The number of aromatic nitrogens is 1. The van der Waals surface area contributed by atoms with Gasteiger partial charge in [0.05, 0.1) is 11.4 Å². The van der Waals surface area contributed by atoms with Gasteiger partial charge in [0.1, 0.15) is 0 Å². The van der Waals surface area contributed by atoms with Crippen molar-refractivity contribution >= 4 is 11.6 Å². The lowest BCUT2D eigenvalue weighted by Gasteiger charge is -2.04. The van der Waals surface area contributed by atoms with Gasteiger partial charge in [0, 0.05) is 11.9 Å². The van der Waals surface area contributed by atoms with Crippen molar-refractivity contribution in [1.29, 1.82) is 0 Å². The van der Waals surface area contributed by atoms with E-state index >= 15 is 0 Å². The molecule has 0 aliphatic rings. The fourth-order valence-electron chi connectivity index (χ4n) is 0.901. The van der Waals surface area contributed by atoms with Gasteiger partial charge in [0.2, 0.25) is 5.43 Å². The number of halogens is 4. The molecule has 0 saturated heterocycles. The first kappa shape index (κ1) is 10.1. The Labute approximate surface area is 76.3 Å². The molecule has 0 spiro atoms. The second kappa shape index (κ2) is 3.83. The Balaban J connectivity index is 3.42. The Morgan fingerprint density at radius 2 is 2.15 bits per heavy atom. The van der Waals surface area contributed by atoms with Gasteiger partial charge in [-0.15, -0.1) is 11.6 Å². The number of hydrogen-bond acceptors (Lipinski definition) is 1. The SMILES string of the molecule is O=c1c(F)c[nH]c(CCl)c1C(F)F. The second-order valence-corrected chi connectivity index (χ2v) is 2.56. The van der Waals surface area contributed by atoms with E-state index in [-0.39, 0.29) is 11.6 Å². The second-order valence-electron chi connectivity index (χ2n) is 2.29. The van der Waals surface area contributed by atoms with Crippen LogP contribution in [0.5, 0.6) is 0 Å². The summed E-state index contributed by atoms with van der Waals surface area (Å²) in [6, 6.07) is 0. The molecule has 0 aliphatic heterocycles. The minimum Gasteiger partial charge on any atom is -0.361 e. The zero-order chi connectivity index (χ0) is 10.0. The maximum Gasteiger partial charge on any atom is 0.269 e. The van der Waals surface area contributed by atoms with E-state index in [1.807, 2.05) is 0 Å². The van der Waals surface area contributed by atoms with E-state index in [0.29, 0.717) is 6.20 Å². The van der Waals surface area contributed by atoms with Gasteiger partial charge in [0.15, 0.2) is 5.82 Å². The molecule has 72 valence electrons. The summed E-state index contributed by atoms with van der Waals surface area (Å²) >= 11 is 5.27. The molecule has 0 amide bonds. The summed E-state index contributed by atoms with van der Waals surface area (Å²) in [7, 11) is 0. The molecule has 0 fully saturated rings. The van der Waals surface area contributed by atoms with E-state index in [4.69, 9.17) is 11.6 Å². The Morgan fingerprint density at radius 3 is 2.62 bits per heavy atom. The highest BCUT2D eigenvalue weighted by Gasteiger charge is 2.19. The number of pyridine rings is 1. The molecule has 0 aromatic carbocycles. The van der Waals surface area contributed by atoms with Crippen LogP contribution in [0.25, 0.3) is 0 Å². The lowest BCUT2D eigenvalue weighted by atomic mass is 10.2. The van der Waals surface area contributed by atoms with Gasteiger partial charge in [-0.25, -0.2) is 13.2 Å². The maximum atomic E-state index is 12.5. The highest BCUT2D eigenvalue weighted by atomic mass is 35.5. The molecule has 0 unspecified atom stereocenters. The summed E-state index contributed by atoms with van der Waals surface area (Å²) in [5.41, 5.74) is -2.34. The normalized spacial score (nSPS) is 10.8. The highest BCUT2D eigenvalue weighted by molar-refractivity contribution is 6.17. The van der Waals surface area contributed by atoms with E-state index in [0.717, 1.165) is 0 Å². The molecular formula is C7H5ClF3NO. The van der Waals surface area contributed by atoms with Crippen LogP contribution in [0.4, 0.5) is 13.2 Å². The molecule has 1 rings (SSSR count). The first-order chi connectivity index (χ1) is 6.07. The third-order valence-corrected chi connectivity index (χ3v) is 1.78. The lowest BCUT2D eigenvalue weighted by molar-refractivity contribution is 0.148. The molecule has 0 atom stereocenters. The van der Waals surface area contributed by atoms with Gasteiger partial charge in [-0.1, -0.05) is 0 Å². The van der Waals surface area contributed by atoms with Gasteiger partial charge < -0.3 is 4.98 Å². The number of hydrogen-bond donors (Lipinski definition) is 1. The number of aromatic amines is 1. The van der Waals surface area contributed by atoms with Crippen molar-refractivity contribution in [3.63, 3.8) is 0 Å². The first-order valence-electron chi connectivity index (χ1n) is 3.32. The molecule has 2 nitrogen and oxygen atoms in total. The van der Waals surface area contributed by atoms with Crippen LogP contribution in [0, 0.1) is 5.82 Å². The van der Waals surface area contributed by atoms with E-state index in [1.54, 1.807) is 0 Å². The zero-order valence-electron chi connectivity index (χ0n) is 6.28. The van der Waals surface area contributed by atoms with Crippen molar-refractivity contribution in [2.24, 2.45) is 0 Å². The third kappa shape index (κ3) is 1.85. The van der Waals surface area contributed by atoms with Gasteiger partial charge in [-0.3, -0.25) is 4.79 Å². The molecule has 1 N–H and O–H groups in total. The number of alkyl halides is 3. The maximum absolute atomic E-state index is 12.5. The average molecular weight is 212 g/mol. The van der Waals surface area contributed by atoms with Crippen LogP contribution < -0.4 is 5.43 Å². The topological polar surface area (TPSA) is 32.9 Å². The quantitative estimate of drug-likeness (QED) is 0.748. The predicted molar refractivity (Wildman–Crippen MR) is 41.5 cm³/mol. The summed E-state index contributed by atoms with van der Waals surface area (Å²) < 4.78 is 37.0. The van der Waals surface area contributed by atoms with Crippen molar-refractivity contribution in [3.8, 4) is 0 Å². The number of nitrogens with one attached hydrogen (secondary N) is 1.